The number of rotatable bonds is 14. The summed E-state index contributed by atoms with van der Waals surface area (Å²) in [5.41, 5.74) is 1.39. The molecule has 3 rings (SSSR count). The molecule has 0 saturated carbocycles. The van der Waals surface area contributed by atoms with Gasteiger partial charge in [-0.05, 0) is 31.5 Å². The third-order valence-corrected chi connectivity index (χ3v) is 6.29. The first-order valence-corrected chi connectivity index (χ1v) is 12.9. The Morgan fingerprint density at radius 3 is 2.06 bits per heavy atom. The smallest absolute Gasteiger partial charge is 0.255 e. The van der Waals surface area contributed by atoms with Crippen LogP contribution in [0.1, 0.15) is 87.1 Å². The number of amides is 1. The Hall–Kier alpha value is -3.01. The summed E-state index contributed by atoms with van der Waals surface area (Å²) in [5, 5.41) is 15.2. The number of phenols is 1. The van der Waals surface area contributed by atoms with E-state index in [2.05, 4.69) is 12.2 Å². The number of aryl methyl sites for hydroxylation is 1. The molecule has 34 heavy (non-hydrogen) atoms. The molecule has 0 radical (unpaired) electrons. The molecule has 0 aromatic heterocycles. The minimum absolute atomic E-state index is 0.00701. The molecule has 0 atom stereocenters. The zero-order valence-corrected chi connectivity index (χ0v) is 20.7. The Kier molecular flexibility index (Phi) is 10.3. The van der Waals surface area contributed by atoms with Gasteiger partial charge < -0.3 is 15.2 Å². The number of unbranched alkanes of at least 4 members (excludes halogenated alkanes) is 9. The van der Waals surface area contributed by atoms with Gasteiger partial charge in [0.05, 0.1) is 5.56 Å². The summed E-state index contributed by atoms with van der Waals surface area (Å²) in [7, 11) is 0. The molecule has 1 amide bonds. The fourth-order valence-electron chi connectivity index (χ4n) is 4.23. The van der Waals surface area contributed by atoms with Crippen molar-refractivity contribution in [3.05, 3.63) is 65.7 Å². The highest BCUT2D eigenvalue weighted by Crippen LogP contribution is 2.38. The monoisotopic (exact) mass is 461 g/mol. The average Bonchev–Trinajstić information content (AvgIpc) is 2.85. The van der Waals surface area contributed by atoms with Crippen LogP contribution in [0.3, 0.4) is 0 Å². The molecular weight excluding hydrogens is 422 g/mol. The fourth-order valence-corrected chi connectivity index (χ4v) is 4.23. The average molecular weight is 462 g/mol. The van der Waals surface area contributed by atoms with E-state index in [4.69, 9.17) is 4.74 Å². The number of nitrogens with one attached hydrogen (secondary N) is 1. The lowest BCUT2D eigenvalue weighted by molar-refractivity contribution is 0.0950. The van der Waals surface area contributed by atoms with Crippen LogP contribution < -0.4 is 10.1 Å². The Morgan fingerprint density at radius 2 is 1.41 bits per heavy atom. The standard InChI is InChI=1S/C30H39NO3/c1-3-4-5-6-7-8-9-10-11-14-21-31-30(33)27-22-28(34-24-19-17-23(2)18-20-24)25-15-12-13-16-26(25)29(27)32/h12-13,15-20,22,32H,3-11,14,21H2,1-2H3,(H,31,33). The molecule has 4 nitrogen and oxygen atoms in total. The van der Waals surface area contributed by atoms with E-state index in [0.717, 1.165) is 23.8 Å². The summed E-state index contributed by atoms with van der Waals surface area (Å²) in [6, 6.07) is 16.9. The van der Waals surface area contributed by atoms with Gasteiger partial charge in [-0.1, -0.05) is 107 Å². The molecule has 0 fully saturated rings. The molecule has 0 spiro atoms. The summed E-state index contributed by atoms with van der Waals surface area (Å²) >= 11 is 0. The van der Waals surface area contributed by atoms with Gasteiger partial charge >= 0.3 is 0 Å². The third kappa shape index (κ3) is 7.51. The van der Waals surface area contributed by atoms with E-state index in [1.165, 1.54) is 51.4 Å². The van der Waals surface area contributed by atoms with Crippen LogP contribution in [0.25, 0.3) is 10.8 Å². The van der Waals surface area contributed by atoms with Crippen molar-refractivity contribution < 1.29 is 14.6 Å². The lowest BCUT2D eigenvalue weighted by atomic mass is 10.0. The maximum Gasteiger partial charge on any atom is 0.255 e. The second kappa shape index (κ2) is 13.6. The van der Waals surface area contributed by atoms with E-state index in [1.807, 2.05) is 55.5 Å². The van der Waals surface area contributed by atoms with Crippen LogP contribution in [0, 0.1) is 6.92 Å². The van der Waals surface area contributed by atoms with Gasteiger partial charge in [0.1, 0.15) is 17.2 Å². The van der Waals surface area contributed by atoms with Gasteiger partial charge in [-0.2, -0.15) is 0 Å². The van der Waals surface area contributed by atoms with Gasteiger partial charge in [-0.15, -0.1) is 0 Å². The summed E-state index contributed by atoms with van der Waals surface area (Å²) in [5.74, 6) is 0.972. The van der Waals surface area contributed by atoms with Gasteiger partial charge in [0.2, 0.25) is 0 Å². The predicted octanol–water partition coefficient (Wildman–Crippen LogP) is 8.30. The van der Waals surface area contributed by atoms with Crippen LogP contribution in [0.4, 0.5) is 0 Å². The maximum atomic E-state index is 12.9. The molecule has 0 heterocycles. The topological polar surface area (TPSA) is 58.6 Å². The summed E-state index contributed by atoms with van der Waals surface area (Å²) in [6.07, 6.45) is 12.6. The van der Waals surface area contributed by atoms with Gasteiger partial charge in [0.15, 0.2) is 0 Å². The number of hydrogen-bond acceptors (Lipinski definition) is 3. The van der Waals surface area contributed by atoms with Crippen LogP contribution in [0.2, 0.25) is 0 Å². The van der Waals surface area contributed by atoms with Crippen molar-refractivity contribution in [2.75, 3.05) is 6.54 Å². The largest absolute Gasteiger partial charge is 0.506 e. The first kappa shape index (κ1) is 25.6. The van der Waals surface area contributed by atoms with E-state index >= 15 is 0 Å². The van der Waals surface area contributed by atoms with Crippen molar-refractivity contribution in [1.29, 1.82) is 0 Å². The SMILES string of the molecule is CCCCCCCCCCCCNC(=O)c1cc(Oc2ccc(C)cc2)c2ccccc2c1O. The predicted molar refractivity (Wildman–Crippen MR) is 141 cm³/mol. The quantitative estimate of drug-likeness (QED) is 0.237. The second-order valence-corrected chi connectivity index (χ2v) is 9.17. The third-order valence-electron chi connectivity index (χ3n) is 6.29. The molecule has 3 aromatic rings. The molecular formula is C30H39NO3. The van der Waals surface area contributed by atoms with Crippen molar-refractivity contribution in [3.63, 3.8) is 0 Å². The first-order chi connectivity index (χ1) is 16.6. The molecule has 4 heteroatoms. The Morgan fingerprint density at radius 1 is 0.824 bits per heavy atom. The normalized spacial score (nSPS) is 11.0. The van der Waals surface area contributed by atoms with Crippen molar-refractivity contribution in [3.8, 4) is 17.2 Å². The highest BCUT2D eigenvalue weighted by atomic mass is 16.5. The number of aromatic hydroxyl groups is 1. The number of carbonyl (C=O) groups excluding carboxylic acids is 1. The fraction of sp³-hybridized carbons (Fsp3) is 0.433. The zero-order valence-electron chi connectivity index (χ0n) is 20.7. The molecule has 2 N–H and O–H groups in total. The highest BCUT2D eigenvalue weighted by molar-refractivity contribution is 6.05. The summed E-state index contributed by atoms with van der Waals surface area (Å²) < 4.78 is 6.11. The molecule has 0 aliphatic carbocycles. The van der Waals surface area contributed by atoms with Crippen molar-refractivity contribution in [2.24, 2.45) is 0 Å². The number of benzene rings is 3. The van der Waals surface area contributed by atoms with E-state index in [0.29, 0.717) is 23.4 Å². The van der Waals surface area contributed by atoms with Crippen LogP contribution >= 0.6 is 0 Å². The molecule has 0 saturated heterocycles. The molecule has 0 bridgehead atoms. The van der Waals surface area contributed by atoms with Crippen LogP contribution in [0.15, 0.2) is 54.6 Å². The van der Waals surface area contributed by atoms with E-state index in [9.17, 15) is 9.90 Å². The van der Waals surface area contributed by atoms with E-state index < -0.39 is 0 Å². The van der Waals surface area contributed by atoms with Crippen molar-refractivity contribution in [2.45, 2.75) is 78.1 Å². The number of phenolic OH excluding ortho intramolecular Hbond substituents is 1. The molecule has 3 aromatic carbocycles. The first-order valence-electron chi connectivity index (χ1n) is 12.9. The van der Waals surface area contributed by atoms with Gasteiger partial charge in [0.25, 0.3) is 5.91 Å². The number of carbonyl (C=O) groups is 1. The Balaban J connectivity index is 1.54. The van der Waals surface area contributed by atoms with Gasteiger partial charge in [-0.25, -0.2) is 0 Å². The van der Waals surface area contributed by atoms with Crippen LogP contribution in [-0.2, 0) is 0 Å². The minimum Gasteiger partial charge on any atom is -0.506 e. The van der Waals surface area contributed by atoms with Crippen molar-refractivity contribution >= 4 is 16.7 Å². The summed E-state index contributed by atoms with van der Waals surface area (Å²) in [4.78, 5) is 12.9. The Bertz CT molecular complexity index is 1040. The lowest BCUT2D eigenvalue weighted by Gasteiger charge is -2.14. The van der Waals surface area contributed by atoms with Crippen LogP contribution in [0.5, 0.6) is 17.2 Å². The summed E-state index contributed by atoms with van der Waals surface area (Å²) in [6.45, 7) is 4.88. The van der Waals surface area contributed by atoms with Gasteiger partial charge in [-0.3, -0.25) is 4.79 Å². The van der Waals surface area contributed by atoms with E-state index in [1.54, 1.807) is 6.07 Å². The number of fused-ring (bicyclic) bond motifs is 1. The highest BCUT2D eigenvalue weighted by Gasteiger charge is 2.18. The second-order valence-electron chi connectivity index (χ2n) is 9.17. The minimum atomic E-state index is -0.270. The zero-order chi connectivity index (χ0) is 24.2. The molecule has 0 aliphatic heterocycles. The molecule has 0 unspecified atom stereocenters. The van der Waals surface area contributed by atoms with E-state index in [-0.39, 0.29) is 17.2 Å². The van der Waals surface area contributed by atoms with Crippen molar-refractivity contribution in [1.82, 2.24) is 5.32 Å². The number of ether oxygens (including phenoxy) is 1. The van der Waals surface area contributed by atoms with Crippen LogP contribution in [-0.4, -0.2) is 17.6 Å². The maximum absolute atomic E-state index is 12.9. The molecule has 0 aliphatic rings. The molecule has 182 valence electrons. The van der Waals surface area contributed by atoms with Gasteiger partial charge in [0, 0.05) is 17.3 Å². The Labute approximate surface area is 204 Å². The number of hydrogen-bond donors (Lipinski definition) is 2. The lowest BCUT2D eigenvalue weighted by Crippen LogP contribution is -2.24.